The van der Waals surface area contributed by atoms with Gasteiger partial charge < -0.3 is 9.84 Å². The number of aromatic nitrogens is 3. The molecule has 0 saturated carbocycles. The van der Waals surface area contributed by atoms with Crippen molar-refractivity contribution in [2.24, 2.45) is 0 Å². The number of para-hydroxylation sites is 1. The minimum Gasteiger partial charge on any atom is -0.491 e. The van der Waals surface area contributed by atoms with Crippen LogP contribution in [0.4, 0.5) is 0 Å². The van der Waals surface area contributed by atoms with Crippen molar-refractivity contribution in [2.45, 2.75) is 12.6 Å². The Bertz CT molecular complexity index is 570. The maximum atomic E-state index is 10.2. The maximum Gasteiger partial charge on any atom is 0.137 e. The standard InChI is InChI=1S/C17H25N5O2/c23-16(13-24-17-4-2-1-3-5-17)12-21-8-6-20(7-9-21)10-11-22-15-18-14-19-22/h1-5,14-16,23H,6-13H2. The molecule has 1 aliphatic heterocycles. The van der Waals surface area contributed by atoms with Crippen molar-refractivity contribution in [3.05, 3.63) is 43.0 Å². The molecule has 24 heavy (non-hydrogen) atoms. The predicted molar refractivity (Wildman–Crippen MR) is 90.8 cm³/mol. The topological polar surface area (TPSA) is 66.7 Å². The monoisotopic (exact) mass is 331 g/mol. The van der Waals surface area contributed by atoms with Gasteiger partial charge in [0.25, 0.3) is 0 Å². The molecule has 2 aromatic rings. The van der Waals surface area contributed by atoms with Crippen LogP contribution >= 0.6 is 0 Å². The molecule has 1 aromatic carbocycles. The summed E-state index contributed by atoms with van der Waals surface area (Å²) in [5, 5.41) is 14.3. The van der Waals surface area contributed by atoms with Crippen LogP contribution in [0.5, 0.6) is 5.75 Å². The lowest BCUT2D eigenvalue weighted by molar-refractivity contribution is 0.0453. The molecule has 1 N–H and O–H groups in total. The van der Waals surface area contributed by atoms with Gasteiger partial charge in [-0.05, 0) is 12.1 Å². The molecule has 1 atom stereocenters. The Balaban J connectivity index is 1.31. The predicted octanol–water partition coefficient (Wildman–Crippen LogP) is 0.336. The second-order valence-electron chi connectivity index (χ2n) is 6.08. The Hall–Kier alpha value is -1.96. The number of hydrogen-bond donors (Lipinski definition) is 1. The number of aliphatic hydroxyl groups excluding tert-OH is 1. The average molecular weight is 331 g/mol. The van der Waals surface area contributed by atoms with Crippen molar-refractivity contribution in [1.29, 1.82) is 0 Å². The van der Waals surface area contributed by atoms with Crippen LogP contribution in [0.1, 0.15) is 0 Å². The third-order valence-electron chi connectivity index (χ3n) is 4.23. The molecule has 130 valence electrons. The summed E-state index contributed by atoms with van der Waals surface area (Å²) in [6.07, 6.45) is 2.85. The van der Waals surface area contributed by atoms with Crippen molar-refractivity contribution in [3.8, 4) is 5.75 Å². The van der Waals surface area contributed by atoms with Crippen LogP contribution in [-0.4, -0.2) is 81.7 Å². The highest BCUT2D eigenvalue weighted by molar-refractivity contribution is 5.20. The highest BCUT2D eigenvalue weighted by Gasteiger charge is 2.19. The molecule has 2 heterocycles. The van der Waals surface area contributed by atoms with Crippen molar-refractivity contribution in [3.63, 3.8) is 0 Å². The van der Waals surface area contributed by atoms with E-state index in [1.165, 1.54) is 0 Å². The number of ether oxygens (including phenoxy) is 1. The quantitative estimate of drug-likeness (QED) is 0.752. The SMILES string of the molecule is OC(COc1ccccc1)CN1CCN(CCn2cncn2)CC1. The van der Waals surface area contributed by atoms with E-state index in [-0.39, 0.29) is 0 Å². The van der Waals surface area contributed by atoms with E-state index in [0.717, 1.165) is 45.0 Å². The normalized spacial score (nSPS) is 17.7. The highest BCUT2D eigenvalue weighted by Crippen LogP contribution is 2.09. The van der Waals surface area contributed by atoms with Crippen LogP contribution in [0, 0.1) is 0 Å². The number of rotatable bonds is 8. The van der Waals surface area contributed by atoms with Gasteiger partial charge in [0.2, 0.25) is 0 Å². The lowest BCUT2D eigenvalue weighted by Gasteiger charge is -2.35. The van der Waals surface area contributed by atoms with Crippen LogP contribution in [-0.2, 0) is 6.54 Å². The zero-order chi connectivity index (χ0) is 16.6. The number of β-amino-alcohol motifs (C(OH)–C–C–N with tert-alkyl or cyclic N) is 1. The van der Waals surface area contributed by atoms with E-state index in [9.17, 15) is 5.11 Å². The fraction of sp³-hybridized carbons (Fsp3) is 0.529. The molecule has 1 unspecified atom stereocenters. The molecule has 1 fully saturated rings. The first kappa shape index (κ1) is 16.9. The van der Waals surface area contributed by atoms with Crippen molar-refractivity contribution >= 4 is 0 Å². The molecule has 3 rings (SSSR count). The van der Waals surface area contributed by atoms with Gasteiger partial charge in [-0.1, -0.05) is 18.2 Å². The van der Waals surface area contributed by atoms with E-state index in [1.54, 1.807) is 12.7 Å². The Labute approximate surface area is 142 Å². The van der Waals surface area contributed by atoms with E-state index in [4.69, 9.17) is 4.74 Å². The third-order valence-corrected chi connectivity index (χ3v) is 4.23. The van der Waals surface area contributed by atoms with Gasteiger partial charge in [0.1, 0.15) is 31.1 Å². The molecular weight excluding hydrogens is 306 g/mol. The summed E-state index contributed by atoms with van der Waals surface area (Å²) >= 11 is 0. The van der Waals surface area contributed by atoms with Gasteiger partial charge in [0.15, 0.2) is 0 Å². The van der Waals surface area contributed by atoms with E-state index >= 15 is 0 Å². The Kier molecular flexibility index (Phi) is 6.17. The molecule has 0 radical (unpaired) electrons. The number of hydrogen-bond acceptors (Lipinski definition) is 6. The largest absolute Gasteiger partial charge is 0.491 e. The minimum absolute atomic E-state index is 0.330. The van der Waals surface area contributed by atoms with E-state index < -0.39 is 6.10 Å². The Morgan fingerprint density at radius 3 is 2.50 bits per heavy atom. The van der Waals surface area contributed by atoms with Crippen molar-refractivity contribution in [1.82, 2.24) is 24.6 Å². The molecule has 0 amide bonds. The summed E-state index contributed by atoms with van der Waals surface area (Å²) < 4.78 is 7.47. The van der Waals surface area contributed by atoms with E-state index in [2.05, 4.69) is 19.9 Å². The highest BCUT2D eigenvalue weighted by atomic mass is 16.5. The first-order valence-electron chi connectivity index (χ1n) is 8.42. The number of nitrogens with zero attached hydrogens (tertiary/aromatic N) is 5. The fourth-order valence-electron chi connectivity index (χ4n) is 2.85. The Morgan fingerprint density at radius 1 is 1.04 bits per heavy atom. The van der Waals surface area contributed by atoms with E-state index in [0.29, 0.717) is 13.2 Å². The van der Waals surface area contributed by atoms with Gasteiger partial charge >= 0.3 is 0 Å². The van der Waals surface area contributed by atoms with Crippen LogP contribution in [0.25, 0.3) is 0 Å². The summed E-state index contributed by atoms with van der Waals surface area (Å²) in [7, 11) is 0. The Morgan fingerprint density at radius 2 is 1.79 bits per heavy atom. The number of piperazine rings is 1. The summed E-state index contributed by atoms with van der Waals surface area (Å²) in [4.78, 5) is 8.67. The lowest BCUT2D eigenvalue weighted by atomic mass is 10.2. The molecular formula is C17H25N5O2. The van der Waals surface area contributed by atoms with Gasteiger partial charge in [-0.25, -0.2) is 4.98 Å². The molecule has 1 saturated heterocycles. The molecule has 0 bridgehead atoms. The summed E-state index contributed by atoms with van der Waals surface area (Å²) in [5.41, 5.74) is 0. The molecule has 1 aliphatic rings. The molecule has 7 nitrogen and oxygen atoms in total. The van der Waals surface area contributed by atoms with Crippen molar-refractivity contribution in [2.75, 3.05) is 45.9 Å². The van der Waals surface area contributed by atoms with Gasteiger partial charge in [-0.15, -0.1) is 0 Å². The second kappa shape index (κ2) is 8.77. The molecule has 7 heteroatoms. The lowest BCUT2D eigenvalue weighted by Crippen LogP contribution is -2.49. The average Bonchev–Trinajstić information content (AvgIpc) is 3.14. The second-order valence-corrected chi connectivity index (χ2v) is 6.08. The summed E-state index contributed by atoms with van der Waals surface area (Å²) in [5.74, 6) is 0.800. The smallest absolute Gasteiger partial charge is 0.137 e. The first-order valence-corrected chi connectivity index (χ1v) is 8.42. The van der Waals surface area contributed by atoms with Gasteiger partial charge in [-0.3, -0.25) is 14.5 Å². The van der Waals surface area contributed by atoms with Gasteiger partial charge in [-0.2, -0.15) is 5.10 Å². The van der Waals surface area contributed by atoms with Crippen molar-refractivity contribution < 1.29 is 9.84 Å². The third kappa shape index (κ3) is 5.30. The van der Waals surface area contributed by atoms with E-state index in [1.807, 2.05) is 35.0 Å². The van der Waals surface area contributed by atoms with Crippen LogP contribution in [0.2, 0.25) is 0 Å². The molecule has 0 spiro atoms. The molecule has 1 aromatic heterocycles. The first-order chi connectivity index (χ1) is 11.8. The van der Waals surface area contributed by atoms with Gasteiger partial charge in [0, 0.05) is 39.3 Å². The van der Waals surface area contributed by atoms with Gasteiger partial charge in [0.05, 0.1) is 6.54 Å². The summed E-state index contributed by atoms with van der Waals surface area (Å²) in [6, 6.07) is 9.62. The van der Waals surface area contributed by atoms with Crippen LogP contribution < -0.4 is 4.74 Å². The summed E-state index contributed by atoms with van der Waals surface area (Å²) in [6.45, 7) is 6.81. The number of benzene rings is 1. The maximum absolute atomic E-state index is 10.2. The number of aliphatic hydroxyl groups is 1. The van der Waals surface area contributed by atoms with Crippen LogP contribution in [0.15, 0.2) is 43.0 Å². The van der Waals surface area contributed by atoms with Crippen LogP contribution in [0.3, 0.4) is 0 Å². The zero-order valence-electron chi connectivity index (χ0n) is 13.9. The molecule has 0 aliphatic carbocycles. The minimum atomic E-state index is -0.466. The fourth-order valence-corrected chi connectivity index (χ4v) is 2.85. The zero-order valence-corrected chi connectivity index (χ0v) is 13.9.